The van der Waals surface area contributed by atoms with Gasteiger partial charge < -0.3 is 15.7 Å². The van der Waals surface area contributed by atoms with Crippen molar-refractivity contribution in [3.63, 3.8) is 0 Å². The van der Waals surface area contributed by atoms with Crippen molar-refractivity contribution < 1.29 is 17.2 Å². The molecule has 0 saturated carbocycles. The molecule has 0 saturated heterocycles. The molecule has 0 bridgehead atoms. The van der Waals surface area contributed by atoms with E-state index < -0.39 is 15.9 Å². The lowest BCUT2D eigenvalue weighted by atomic mass is 9.91. The third kappa shape index (κ3) is 2.72. The van der Waals surface area contributed by atoms with E-state index >= 15 is 0 Å². The molecule has 14 heavy (non-hydrogen) atoms. The summed E-state index contributed by atoms with van der Waals surface area (Å²) in [6, 6.07) is 0. The summed E-state index contributed by atoms with van der Waals surface area (Å²) in [7, 11) is -4.53. The average molecular weight is 220 g/mol. The van der Waals surface area contributed by atoms with Gasteiger partial charge in [0.2, 0.25) is 0 Å². The van der Waals surface area contributed by atoms with Gasteiger partial charge in [-0.05, 0) is 19.1 Å². The van der Waals surface area contributed by atoms with Crippen LogP contribution in [-0.2, 0) is 14.6 Å². The Morgan fingerprint density at radius 3 is 2.57 bits per heavy atom. The molecule has 0 spiro atoms. The van der Waals surface area contributed by atoms with Gasteiger partial charge in [0.15, 0.2) is 0 Å². The van der Waals surface area contributed by atoms with E-state index in [1.165, 1.54) is 12.2 Å². The maximum atomic E-state index is 10.5. The number of hydrogen-bond acceptors (Lipinski definition) is 5. The Morgan fingerprint density at radius 1 is 1.57 bits per heavy atom. The minimum absolute atomic E-state index is 0.0331. The molecule has 0 amide bonds. The maximum Gasteiger partial charge on any atom is 0.446 e. The van der Waals surface area contributed by atoms with Gasteiger partial charge in [-0.3, -0.25) is 4.55 Å². The van der Waals surface area contributed by atoms with Crippen molar-refractivity contribution in [1.82, 2.24) is 0 Å². The monoisotopic (exact) mass is 220 g/mol. The quantitative estimate of drug-likeness (QED) is 0.548. The first-order chi connectivity index (χ1) is 6.21. The second-order valence-corrected chi connectivity index (χ2v) is 4.40. The highest BCUT2D eigenvalue weighted by Crippen LogP contribution is 2.26. The number of hydrogen-bond donors (Lipinski definition) is 3. The van der Waals surface area contributed by atoms with Crippen LogP contribution in [0.4, 0.5) is 0 Å². The minimum atomic E-state index is -4.53. The number of rotatable bonds is 2. The highest BCUT2D eigenvalue weighted by molar-refractivity contribution is 7.81. The summed E-state index contributed by atoms with van der Waals surface area (Å²) < 4.78 is 33.7. The van der Waals surface area contributed by atoms with Gasteiger partial charge in [-0.2, -0.15) is 8.42 Å². The summed E-state index contributed by atoms with van der Waals surface area (Å²) in [6.45, 7) is 1.56. The van der Waals surface area contributed by atoms with Crippen molar-refractivity contribution in [3.05, 3.63) is 23.6 Å². The Kier molecular flexibility index (Phi) is 2.57. The SMILES string of the molecule is CC1(N)CC(N)=CC=C1OS(=O)(=O)O. The molecule has 1 rings (SSSR count). The van der Waals surface area contributed by atoms with Crippen molar-refractivity contribution in [2.75, 3.05) is 0 Å². The van der Waals surface area contributed by atoms with Gasteiger partial charge in [0.1, 0.15) is 5.76 Å². The predicted octanol–water partition coefficient (Wildman–Crippen LogP) is -0.347. The standard InChI is InChI=1S/C7H12N2O4S/c1-7(9)4-5(8)2-3-6(7)13-14(10,11)12/h2-3H,4,8-9H2,1H3,(H,10,11,12). The zero-order valence-corrected chi connectivity index (χ0v) is 8.41. The lowest BCUT2D eigenvalue weighted by molar-refractivity contribution is 0.278. The molecule has 0 heterocycles. The molecule has 0 aliphatic heterocycles. The van der Waals surface area contributed by atoms with Crippen LogP contribution in [0.5, 0.6) is 0 Å². The maximum absolute atomic E-state index is 10.5. The van der Waals surface area contributed by atoms with Crippen LogP contribution in [0.25, 0.3) is 0 Å². The summed E-state index contributed by atoms with van der Waals surface area (Å²) in [5.74, 6) is -0.0331. The molecule has 5 N–H and O–H groups in total. The van der Waals surface area contributed by atoms with Crippen LogP contribution in [0, 0.1) is 0 Å². The van der Waals surface area contributed by atoms with Gasteiger partial charge in [0, 0.05) is 12.1 Å². The van der Waals surface area contributed by atoms with Gasteiger partial charge in [-0.1, -0.05) is 0 Å². The molecule has 0 aromatic heterocycles. The highest BCUT2D eigenvalue weighted by Gasteiger charge is 2.31. The second-order valence-electron chi connectivity index (χ2n) is 3.38. The molecule has 6 nitrogen and oxygen atoms in total. The Morgan fingerprint density at radius 2 is 2.14 bits per heavy atom. The molecule has 1 unspecified atom stereocenters. The fraction of sp³-hybridized carbons (Fsp3) is 0.429. The van der Waals surface area contributed by atoms with Crippen LogP contribution in [-0.4, -0.2) is 18.5 Å². The number of nitrogens with two attached hydrogens (primary N) is 2. The zero-order chi connectivity index (χ0) is 11.0. The summed E-state index contributed by atoms with van der Waals surface area (Å²) in [5, 5.41) is 0. The normalized spacial score (nSPS) is 27.9. The topological polar surface area (TPSA) is 116 Å². The highest BCUT2D eigenvalue weighted by atomic mass is 32.3. The summed E-state index contributed by atoms with van der Waals surface area (Å²) in [4.78, 5) is 0. The Bertz CT molecular complexity index is 394. The third-order valence-corrected chi connectivity index (χ3v) is 2.17. The van der Waals surface area contributed by atoms with E-state index in [1.54, 1.807) is 6.92 Å². The molecule has 1 aliphatic carbocycles. The van der Waals surface area contributed by atoms with Gasteiger partial charge in [0.05, 0.1) is 5.54 Å². The molecule has 0 fully saturated rings. The van der Waals surface area contributed by atoms with E-state index in [2.05, 4.69) is 4.18 Å². The van der Waals surface area contributed by atoms with E-state index in [4.69, 9.17) is 16.0 Å². The van der Waals surface area contributed by atoms with Crippen LogP contribution in [0.2, 0.25) is 0 Å². The molecule has 0 radical (unpaired) electrons. The molecular formula is C7H12N2O4S. The Hall–Kier alpha value is -1.05. The van der Waals surface area contributed by atoms with Crippen molar-refractivity contribution in [3.8, 4) is 0 Å². The number of allylic oxidation sites excluding steroid dienone is 2. The Balaban J connectivity index is 2.97. The van der Waals surface area contributed by atoms with Crippen molar-refractivity contribution in [1.29, 1.82) is 0 Å². The minimum Gasteiger partial charge on any atom is -0.402 e. The smallest absolute Gasteiger partial charge is 0.402 e. The first-order valence-corrected chi connectivity index (χ1v) is 5.20. The van der Waals surface area contributed by atoms with E-state index in [-0.39, 0.29) is 12.2 Å². The lowest BCUT2D eigenvalue weighted by Gasteiger charge is -2.28. The van der Waals surface area contributed by atoms with Gasteiger partial charge in [-0.15, -0.1) is 0 Å². The molecular weight excluding hydrogens is 208 g/mol. The molecule has 0 aromatic rings. The molecule has 80 valence electrons. The first-order valence-electron chi connectivity index (χ1n) is 3.83. The summed E-state index contributed by atoms with van der Waals surface area (Å²) >= 11 is 0. The van der Waals surface area contributed by atoms with E-state index in [0.29, 0.717) is 5.70 Å². The van der Waals surface area contributed by atoms with Gasteiger partial charge in [-0.25, -0.2) is 0 Å². The van der Waals surface area contributed by atoms with Crippen molar-refractivity contribution >= 4 is 10.4 Å². The van der Waals surface area contributed by atoms with Gasteiger partial charge in [0.25, 0.3) is 0 Å². The largest absolute Gasteiger partial charge is 0.446 e. The zero-order valence-electron chi connectivity index (χ0n) is 7.60. The summed E-state index contributed by atoms with van der Waals surface area (Å²) in [5.41, 5.74) is 10.7. The predicted molar refractivity (Wildman–Crippen MR) is 50.2 cm³/mol. The van der Waals surface area contributed by atoms with E-state index in [9.17, 15) is 8.42 Å². The Labute approximate surface area is 82.2 Å². The van der Waals surface area contributed by atoms with Crippen LogP contribution < -0.4 is 11.5 Å². The van der Waals surface area contributed by atoms with E-state index in [1.807, 2.05) is 0 Å². The average Bonchev–Trinajstić information content (AvgIpc) is 1.91. The van der Waals surface area contributed by atoms with E-state index in [0.717, 1.165) is 0 Å². The molecule has 0 aromatic carbocycles. The fourth-order valence-corrected chi connectivity index (χ4v) is 1.65. The third-order valence-electron chi connectivity index (χ3n) is 1.78. The van der Waals surface area contributed by atoms with Crippen LogP contribution in [0.3, 0.4) is 0 Å². The summed E-state index contributed by atoms with van der Waals surface area (Å²) in [6.07, 6.45) is 3.08. The fourth-order valence-electron chi connectivity index (χ4n) is 1.18. The van der Waals surface area contributed by atoms with Gasteiger partial charge >= 0.3 is 10.4 Å². The van der Waals surface area contributed by atoms with Crippen LogP contribution in [0.15, 0.2) is 23.6 Å². The van der Waals surface area contributed by atoms with Crippen molar-refractivity contribution in [2.24, 2.45) is 11.5 Å². The molecule has 7 heteroatoms. The lowest BCUT2D eigenvalue weighted by Crippen LogP contribution is -2.42. The molecule has 1 aliphatic rings. The molecule has 1 atom stereocenters. The van der Waals surface area contributed by atoms with Crippen LogP contribution >= 0.6 is 0 Å². The second kappa shape index (κ2) is 3.26. The van der Waals surface area contributed by atoms with Crippen molar-refractivity contribution in [2.45, 2.75) is 18.9 Å². The first kappa shape index (κ1) is 11.0. The van der Waals surface area contributed by atoms with Crippen LogP contribution in [0.1, 0.15) is 13.3 Å².